The Morgan fingerprint density at radius 2 is 2.27 bits per heavy atom. The van der Waals surface area contributed by atoms with E-state index in [1.807, 2.05) is 31.1 Å². The molecule has 2 heterocycles. The minimum Gasteiger partial charge on any atom is -0.470 e. The lowest BCUT2D eigenvalue weighted by molar-refractivity contribution is 0.00824. The van der Waals surface area contributed by atoms with E-state index < -0.39 is 5.60 Å². The van der Waals surface area contributed by atoms with Crippen LogP contribution in [0.25, 0.3) is 0 Å². The Bertz CT molecular complexity index is 456. The number of carbonyl (C=O) groups excluding carboxylic acids is 1. The molecule has 0 aliphatic carbocycles. The van der Waals surface area contributed by atoms with Crippen LogP contribution >= 0.6 is 11.3 Å². The molecule has 1 aromatic heterocycles. The second kappa shape index (κ2) is 7.81. The molecule has 1 saturated heterocycles. The van der Waals surface area contributed by atoms with Gasteiger partial charge in [-0.25, -0.2) is 9.78 Å². The number of thiazole rings is 1. The largest absolute Gasteiger partial charge is 0.470 e. The van der Waals surface area contributed by atoms with E-state index in [1.54, 1.807) is 6.20 Å². The highest BCUT2D eigenvalue weighted by Gasteiger charge is 2.30. The van der Waals surface area contributed by atoms with Gasteiger partial charge in [0.2, 0.25) is 0 Å². The Morgan fingerprint density at radius 3 is 2.95 bits per heavy atom. The normalized spacial score (nSPS) is 19.0. The second-order valence-corrected chi connectivity index (χ2v) is 7.47. The average molecular weight is 326 g/mol. The molecule has 1 amide bonds. The van der Waals surface area contributed by atoms with Crippen molar-refractivity contribution in [3.8, 4) is 5.19 Å². The third kappa shape index (κ3) is 5.48. The van der Waals surface area contributed by atoms with Gasteiger partial charge in [-0.15, -0.1) is 0 Å². The zero-order valence-electron chi connectivity index (χ0n) is 13.7. The molecule has 1 atom stereocenters. The highest BCUT2D eigenvalue weighted by molar-refractivity contribution is 7.11. The molecule has 0 radical (unpaired) electrons. The predicted molar refractivity (Wildman–Crippen MR) is 87.4 cm³/mol. The van der Waals surface area contributed by atoms with Crippen molar-refractivity contribution in [2.24, 2.45) is 0 Å². The summed E-state index contributed by atoms with van der Waals surface area (Å²) < 4.78 is 11.1. The number of nitrogens with zero attached hydrogens (tertiary/aromatic N) is 2. The van der Waals surface area contributed by atoms with Gasteiger partial charge >= 0.3 is 6.09 Å². The van der Waals surface area contributed by atoms with E-state index >= 15 is 0 Å². The molecule has 0 bridgehead atoms. The first-order valence-electron chi connectivity index (χ1n) is 7.97. The molecule has 2 rings (SSSR count). The van der Waals surface area contributed by atoms with Crippen molar-refractivity contribution in [2.75, 3.05) is 13.2 Å². The number of ether oxygens (including phenoxy) is 2. The molecule has 0 aromatic carbocycles. The molecule has 0 saturated carbocycles. The van der Waals surface area contributed by atoms with Crippen molar-refractivity contribution in [1.29, 1.82) is 0 Å². The minimum atomic E-state index is -0.437. The van der Waals surface area contributed by atoms with Crippen molar-refractivity contribution in [3.63, 3.8) is 0 Å². The topological polar surface area (TPSA) is 51.7 Å². The summed E-state index contributed by atoms with van der Waals surface area (Å²) in [4.78, 5) is 18.3. The lowest BCUT2D eigenvalue weighted by atomic mass is 9.98. The van der Waals surface area contributed by atoms with Gasteiger partial charge in [-0.2, -0.15) is 0 Å². The third-order valence-electron chi connectivity index (χ3n) is 3.57. The van der Waals surface area contributed by atoms with Crippen LogP contribution in [-0.4, -0.2) is 40.8 Å². The molecular weight excluding hydrogens is 300 g/mol. The molecule has 1 aliphatic rings. The van der Waals surface area contributed by atoms with Gasteiger partial charge in [-0.1, -0.05) is 11.3 Å². The molecule has 0 spiro atoms. The van der Waals surface area contributed by atoms with Gasteiger partial charge in [0.1, 0.15) is 5.60 Å². The average Bonchev–Trinajstić information content (AvgIpc) is 2.95. The lowest BCUT2D eigenvalue weighted by Gasteiger charge is -2.36. The summed E-state index contributed by atoms with van der Waals surface area (Å²) in [6.45, 7) is 7.17. The molecule has 1 aliphatic heterocycles. The van der Waals surface area contributed by atoms with E-state index in [-0.39, 0.29) is 12.1 Å². The Kier molecular flexibility index (Phi) is 6.06. The van der Waals surface area contributed by atoms with E-state index in [2.05, 4.69) is 4.98 Å². The van der Waals surface area contributed by atoms with Crippen LogP contribution in [0.4, 0.5) is 4.79 Å². The predicted octanol–water partition coefficient (Wildman–Crippen LogP) is 4.09. The number of hydrogen-bond acceptors (Lipinski definition) is 5. The number of carbonyl (C=O) groups is 1. The number of amides is 1. The van der Waals surface area contributed by atoms with Gasteiger partial charge in [-0.05, 0) is 52.9 Å². The van der Waals surface area contributed by atoms with Crippen molar-refractivity contribution in [2.45, 2.75) is 64.5 Å². The highest BCUT2D eigenvalue weighted by atomic mass is 32.1. The fraction of sp³-hybridized carbons (Fsp3) is 0.750. The van der Waals surface area contributed by atoms with E-state index in [1.165, 1.54) is 17.8 Å². The van der Waals surface area contributed by atoms with Crippen LogP contribution in [0.5, 0.6) is 5.19 Å². The van der Waals surface area contributed by atoms with Gasteiger partial charge in [-0.3, -0.25) is 0 Å². The summed E-state index contributed by atoms with van der Waals surface area (Å²) >= 11 is 1.50. The van der Waals surface area contributed by atoms with Crippen molar-refractivity contribution in [1.82, 2.24) is 9.88 Å². The summed E-state index contributed by atoms with van der Waals surface area (Å²) in [6, 6.07) is 0.267. The van der Waals surface area contributed by atoms with Gasteiger partial charge in [0.15, 0.2) is 0 Å². The Morgan fingerprint density at radius 1 is 1.45 bits per heavy atom. The second-order valence-electron chi connectivity index (χ2n) is 6.61. The smallest absolute Gasteiger partial charge is 0.410 e. The first kappa shape index (κ1) is 17.1. The van der Waals surface area contributed by atoms with Gasteiger partial charge in [0.05, 0.1) is 6.61 Å². The molecule has 0 N–H and O–H groups in total. The van der Waals surface area contributed by atoms with Gasteiger partial charge in [0.25, 0.3) is 5.19 Å². The van der Waals surface area contributed by atoms with Crippen LogP contribution in [0.1, 0.15) is 52.9 Å². The summed E-state index contributed by atoms with van der Waals surface area (Å²) in [5, 5.41) is 2.62. The monoisotopic (exact) mass is 326 g/mol. The molecule has 1 aromatic rings. The molecule has 1 unspecified atom stereocenters. The zero-order valence-corrected chi connectivity index (χ0v) is 14.5. The van der Waals surface area contributed by atoms with Crippen LogP contribution in [-0.2, 0) is 4.74 Å². The summed E-state index contributed by atoms with van der Waals surface area (Å²) in [5.74, 6) is 0. The van der Waals surface area contributed by atoms with Crippen LogP contribution in [0, 0.1) is 0 Å². The van der Waals surface area contributed by atoms with E-state index in [0.29, 0.717) is 11.8 Å². The van der Waals surface area contributed by atoms with Crippen LogP contribution in [0.2, 0.25) is 0 Å². The van der Waals surface area contributed by atoms with Crippen molar-refractivity contribution >= 4 is 17.4 Å². The van der Waals surface area contributed by atoms with Crippen LogP contribution in [0.3, 0.4) is 0 Å². The first-order valence-corrected chi connectivity index (χ1v) is 8.85. The van der Waals surface area contributed by atoms with E-state index in [0.717, 1.165) is 32.2 Å². The van der Waals surface area contributed by atoms with Gasteiger partial charge < -0.3 is 14.4 Å². The molecule has 6 heteroatoms. The number of rotatable bonds is 5. The number of likely N-dealkylation sites (tertiary alicyclic amines) is 1. The molecule has 1 fully saturated rings. The Hall–Kier alpha value is -1.30. The highest BCUT2D eigenvalue weighted by Crippen LogP contribution is 2.23. The number of aromatic nitrogens is 1. The maximum absolute atomic E-state index is 12.3. The Balaban J connectivity index is 1.77. The SMILES string of the molecule is CC(C)(C)OC(=O)N1CCCCC1CCCOc1nccs1. The lowest BCUT2D eigenvalue weighted by Crippen LogP contribution is -2.46. The molecule has 22 heavy (non-hydrogen) atoms. The van der Waals surface area contributed by atoms with Crippen LogP contribution in [0.15, 0.2) is 11.6 Å². The van der Waals surface area contributed by atoms with E-state index in [9.17, 15) is 4.79 Å². The van der Waals surface area contributed by atoms with Crippen molar-refractivity contribution in [3.05, 3.63) is 11.6 Å². The van der Waals surface area contributed by atoms with E-state index in [4.69, 9.17) is 9.47 Å². The van der Waals surface area contributed by atoms with Crippen molar-refractivity contribution < 1.29 is 14.3 Å². The summed E-state index contributed by atoms with van der Waals surface area (Å²) in [6.07, 6.45) is 6.72. The third-order valence-corrected chi connectivity index (χ3v) is 4.25. The van der Waals surface area contributed by atoms with Gasteiger partial charge in [0, 0.05) is 24.2 Å². The molecule has 5 nitrogen and oxygen atoms in total. The number of piperidine rings is 1. The number of hydrogen-bond donors (Lipinski definition) is 0. The summed E-state index contributed by atoms with van der Waals surface area (Å²) in [7, 11) is 0. The minimum absolute atomic E-state index is 0.182. The quantitative estimate of drug-likeness (QED) is 0.765. The first-order chi connectivity index (χ1) is 10.5. The summed E-state index contributed by atoms with van der Waals surface area (Å²) in [5.41, 5.74) is -0.437. The zero-order chi connectivity index (χ0) is 16.0. The maximum Gasteiger partial charge on any atom is 0.410 e. The Labute approximate surface area is 136 Å². The maximum atomic E-state index is 12.3. The standard InChI is InChI=1S/C16H26N2O3S/c1-16(2,3)21-15(19)18-10-5-4-7-13(18)8-6-11-20-14-17-9-12-22-14/h9,12-13H,4-8,10-11H2,1-3H3. The van der Waals surface area contributed by atoms with Crippen LogP contribution < -0.4 is 4.74 Å². The fourth-order valence-corrected chi connectivity index (χ4v) is 3.13. The fourth-order valence-electron chi connectivity index (χ4n) is 2.62. The molecule has 124 valence electrons. The molecular formula is C16H26N2O3S.